The second-order valence-corrected chi connectivity index (χ2v) is 7.99. The Hall–Kier alpha value is -2.84. The lowest BCUT2D eigenvalue weighted by atomic mass is 9.77. The first-order valence-corrected chi connectivity index (χ1v) is 9.64. The first kappa shape index (κ1) is 18.5. The van der Waals surface area contributed by atoms with Crippen LogP contribution in [0.4, 0.5) is 5.95 Å². The molecule has 0 bridgehead atoms. The number of nitrogens with one attached hydrogen (secondary N) is 2. The number of H-pyrrole nitrogens is 2. The minimum atomic E-state index is -0.296. The van der Waals surface area contributed by atoms with E-state index < -0.39 is 0 Å². The Morgan fingerprint density at radius 1 is 1.36 bits per heavy atom. The molecule has 1 aliphatic carbocycles. The van der Waals surface area contributed by atoms with Crippen LogP contribution in [-0.2, 0) is 23.1 Å². The highest BCUT2D eigenvalue weighted by Gasteiger charge is 2.45. The third kappa shape index (κ3) is 3.25. The first-order chi connectivity index (χ1) is 13.4. The van der Waals surface area contributed by atoms with Gasteiger partial charge in [-0.2, -0.15) is 5.16 Å². The van der Waals surface area contributed by atoms with Gasteiger partial charge in [0.15, 0.2) is 0 Å². The highest BCUT2D eigenvalue weighted by molar-refractivity contribution is 5.76. The average Bonchev–Trinajstić information content (AvgIpc) is 3.24. The summed E-state index contributed by atoms with van der Waals surface area (Å²) in [5, 5.41) is 2.24. The molecule has 1 fully saturated rings. The molecule has 2 aliphatic rings. The van der Waals surface area contributed by atoms with Crippen molar-refractivity contribution in [2.75, 3.05) is 32.1 Å². The number of aromatic amines is 2. The number of amides is 1. The fourth-order valence-corrected chi connectivity index (χ4v) is 4.43. The van der Waals surface area contributed by atoms with Gasteiger partial charge in [0.2, 0.25) is 11.9 Å². The molecular weight excluding hydrogens is 362 g/mol. The molecule has 1 unspecified atom stereocenters. The van der Waals surface area contributed by atoms with Gasteiger partial charge in [0, 0.05) is 57.1 Å². The summed E-state index contributed by atoms with van der Waals surface area (Å²) < 4.78 is 5.03. The molecule has 2 aromatic heterocycles. The van der Waals surface area contributed by atoms with Crippen LogP contribution in [0.3, 0.4) is 0 Å². The van der Waals surface area contributed by atoms with E-state index in [9.17, 15) is 14.4 Å². The summed E-state index contributed by atoms with van der Waals surface area (Å²) in [6.45, 7) is 1.29. The highest BCUT2D eigenvalue weighted by atomic mass is 16.5. The number of hydrogen-bond donors (Lipinski definition) is 2. The molecule has 1 aliphatic heterocycles. The zero-order chi connectivity index (χ0) is 19.9. The maximum absolute atomic E-state index is 12.8. The number of nitrogens with zero attached hydrogens (tertiary/aromatic N) is 3. The lowest BCUT2D eigenvalue weighted by Crippen LogP contribution is -2.48. The molecule has 28 heavy (non-hydrogen) atoms. The van der Waals surface area contributed by atoms with Crippen LogP contribution in [0.15, 0.2) is 20.2 Å². The summed E-state index contributed by atoms with van der Waals surface area (Å²) >= 11 is 0. The molecule has 3 heterocycles. The molecule has 0 aromatic carbocycles. The van der Waals surface area contributed by atoms with E-state index in [0.29, 0.717) is 37.6 Å². The molecule has 0 saturated carbocycles. The SMILES string of the molecule is CN(C)c1nc2c(c(=O)[nH]1)CCC21CCCN(C(=O)CCc2cc(=O)[nH]o2)C1. The number of carbonyl (C=O) groups is 1. The van der Waals surface area contributed by atoms with Crippen LogP contribution < -0.4 is 16.0 Å². The van der Waals surface area contributed by atoms with Crippen LogP contribution in [0.25, 0.3) is 0 Å². The maximum Gasteiger partial charge on any atom is 0.280 e. The Morgan fingerprint density at radius 2 is 2.18 bits per heavy atom. The van der Waals surface area contributed by atoms with E-state index in [0.717, 1.165) is 30.5 Å². The maximum atomic E-state index is 12.8. The molecule has 150 valence electrons. The van der Waals surface area contributed by atoms with E-state index in [2.05, 4.69) is 10.1 Å². The Bertz CT molecular complexity index is 1000. The van der Waals surface area contributed by atoms with Gasteiger partial charge >= 0.3 is 0 Å². The summed E-state index contributed by atoms with van der Waals surface area (Å²) in [7, 11) is 3.70. The van der Waals surface area contributed by atoms with Gasteiger partial charge in [-0.05, 0) is 25.7 Å². The fourth-order valence-electron chi connectivity index (χ4n) is 4.43. The average molecular weight is 387 g/mol. The monoisotopic (exact) mass is 387 g/mol. The van der Waals surface area contributed by atoms with Crippen LogP contribution in [0.1, 0.15) is 42.7 Å². The lowest BCUT2D eigenvalue weighted by molar-refractivity contribution is -0.133. The Balaban J connectivity index is 1.54. The number of aryl methyl sites for hydroxylation is 1. The predicted molar refractivity (Wildman–Crippen MR) is 103 cm³/mol. The highest BCUT2D eigenvalue weighted by Crippen LogP contribution is 2.43. The molecule has 1 atom stereocenters. The van der Waals surface area contributed by atoms with E-state index in [1.807, 2.05) is 19.0 Å². The summed E-state index contributed by atoms with van der Waals surface area (Å²) in [6.07, 6.45) is 4.03. The number of fused-ring (bicyclic) bond motifs is 2. The largest absolute Gasteiger partial charge is 0.384 e. The van der Waals surface area contributed by atoms with E-state index in [4.69, 9.17) is 9.51 Å². The van der Waals surface area contributed by atoms with Crippen LogP contribution >= 0.6 is 0 Å². The van der Waals surface area contributed by atoms with Gasteiger partial charge in [0.05, 0.1) is 5.69 Å². The Kier molecular flexibility index (Phi) is 4.60. The summed E-state index contributed by atoms with van der Waals surface area (Å²) in [4.78, 5) is 47.7. The topological polar surface area (TPSA) is 115 Å². The second kappa shape index (κ2) is 6.96. The zero-order valence-corrected chi connectivity index (χ0v) is 16.2. The van der Waals surface area contributed by atoms with Gasteiger partial charge in [0.25, 0.3) is 11.1 Å². The molecule has 2 N–H and O–H groups in total. The number of aromatic nitrogens is 3. The summed E-state index contributed by atoms with van der Waals surface area (Å²) in [5.41, 5.74) is 0.998. The van der Waals surface area contributed by atoms with Crippen molar-refractivity contribution in [2.45, 2.75) is 43.9 Å². The van der Waals surface area contributed by atoms with Crippen LogP contribution in [0.5, 0.6) is 0 Å². The predicted octanol–water partition coefficient (Wildman–Crippen LogP) is 0.556. The van der Waals surface area contributed by atoms with Crippen molar-refractivity contribution >= 4 is 11.9 Å². The zero-order valence-electron chi connectivity index (χ0n) is 16.2. The molecule has 4 rings (SSSR count). The number of likely N-dealkylation sites (tertiary alicyclic amines) is 1. The standard InChI is InChI=1S/C19H25N5O4/c1-23(2)18-20-16-13(17(27)21-18)6-8-19(16)7-3-9-24(11-19)15(26)5-4-12-10-14(25)22-28-12/h10H,3-9,11H2,1-2H3,(H,22,25)(H,20,21,27). The Labute approximate surface area is 161 Å². The smallest absolute Gasteiger partial charge is 0.280 e. The molecule has 1 amide bonds. The van der Waals surface area contributed by atoms with Crippen LogP contribution in [-0.4, -0.2) is 53.1 Å². The van der Waals surface area contributed by atoms with Crippen molar-refractivity contribution in [1.29, 1.82) is 0 Å². The second-order valence-electron chi connectivity index (χ2n) is 7.99. The molecule has 1 saturated heterocycles. The number of hydrogen-bond acceptors (Lipinski definition) is 6. The third-order valence-electron chi connectivity index (χ3n) is 5.87. The molecule has 9 nitrogen and oxygen atoms in total. The minimum Gasteiger partial charge on any atom is -0.384 e. The van der Waals surface area contributed by atoms with Gasteiger partial charge in [-0.15, -0.1) is 0 Å². The Morgan fingerprint density at radius 3 is 2.89 bits per heavy atom. The number of rotatable bonds is 4. The summed E-state index contributed by atoms with van der Waals surface area (Å²) in [6, 6.07) is 1.37. The molecule has 1 spiro atoms. The van der Waals surface area contributed by atoms with Crippen molar-refractivity contribution in [3.63, 3.8) is 0 Å². The van der Waals surface area contributed by atoms with Gasteiger partial charge in [-0.1, -0.05) is 0 Å². The van der Waals surface area contributed by atoms with Crippen LogP contribution in [0.2, 0.25) is 0 Å². The lowest BCUT2D eigenvalue weighted by Gasteiger charge is -2.40. The van der Waals surface area contributed by atoms with Crippen molar-refractivity contribution in [1.82, 2.24) is 20.0 Å². The van der Waals surface area contributed by atoms with Gasteiger partial charge in [0.1, 0.15) is 5.76 Å². The van der Waals surface area contributed by atoms with Crippen LogP contribution in [0, 0.1) is 0 Å². The quantitative estimate of drug-likeness (QED) is 0.792. The summed E-state index contributed by atoms with van der Waals surface area (Å²) in [5.74, 6) is 1.07. The molecule has 2 aromatic rings. The molecule has 0 radical (unpaired) electrons. The van der Waals surface area contributed by atoms with E-state index >= 15 is 0 Å². The first-order valence-electron chi connectivity index (χ1n) is 9.64. The minimum absolute atomic E-state index is 0.0362. The van der Waals surface area contributed by atoms with Crippen molar-refractivity contribution < 1.29 is 9.32 Å². The van der Waals surface area contributed by atoms with E-state index in [1.54, 1.807) is 4.90 Å². The fraction of sp³-hybridized carbons (Fsp3) is 0.579. The molecular formula is C19H25N5O4. The van der Waals surface area contributed by atoms with Crippen molar-refractivity contribution in [2.24, 2.45) is 0 Å². The third-order valence-corrected chi connectivity index (χ3v) is 5.87. The van der Waals surface area contributed by atoms with Crippen molar-refractivity contribution in [3.05, 3.63) is 43.8 Å². The number of carbonyl (C=O) groups excluding carboxylic acids is 1. The number of piperidine rings is 1. The number of anilines is 1. The van der Waals surface area contributed by atoms with E-state index in [1.165, 1.54) is 6.07 Å². The van der Waals surface area contributed by atoms with Gasteiger partial charge in [-0.3, -0.25) is 19.4 Å². The van der Waals surface area contributed by atoms with Gasteiger partial charge in [-0.25, -0.2) is 4.98 Å². The van der Waals surface area contributed by atoms with Gasteiger partial charge < -0.3 is 14.3 Å². The van der Waals surface area contributed by atoms with E-state index in [-0.39, 0.29) is 28.9 Å². The normalized spacial score (nSPS) is 21.1. The van der Waals surface area contributed by atoms with Crippen molar-refractivity contribution in [3.8, 4) is 0 Å². The molecule has 9 heteroatoms.